The van der Waals surface area contributed by atoms with Crippen molar-refractivity contribution in [1.82, 2.24) is 9.13 Å². The maximum absolute atomic E-state index is 6.93. The third-order valence-corrected chi connectivity index (χ3v) is 11.3. The van der Waals surface area contributed by atoms with Gasteiger partial charge < -0.3 is 13.9 Å². The molecule has 3 nitrogen and oxygen atoms in total. The second kappa shape index (κ2) is 10.7. The van der Waals surface area contributed by atoms with Crippen LogP contribution in [0.25, 0.3) is 98.8 Å². The van der Waals surface area contributed by atoms with Gasteiger partial charge >= 0.3 is 0 Å². The van der Waals surface area contributed by atoms with Gasteiger partial charge in [-0.05, 0) is 76.0 Å². The molecule has 0 unspecified atom stereocenters. The Balaban J connectivity index is 1.11. The van der Waals surface area contributed by atoms with Crippen LogP contribution in [0.3, 0.4) is 0 Å². The van der Waals surface area contributed by atoms with Crippen molar-refractivity contribution in [2.45, 2.75) is 0 Å². The molecule has 0 bridgehead atoms. The van der Waals surface area contributed by atoms with Gasteiger partial charge in [0.15, 0.2) is 0 Å². The fourth-order valence-corrected chi connectivity index (χ4v) is 9.10. The van der Waals surface area contributed by atoms with Crippen LogP contribution >= 0.6 is 0 Å². The lowest BCUT2D eigenvalue weighted by atomic mass is 9.90. The second-order valence-corrected chi connectivity index (χ2v) is 14.0. The number of benzene rings is 9. The molecule has 9 aromatic carbocycles. The molecule has 12 rings (SSSR count). The van der Waals surface area contributed by atoms with E-state index in [9.17, 15) is 0 Å². The van der Waals surface area contributed by atoms with Crippen molar-refractivity contribution in [3.05, 3.63) is 182 Å². The molecule has 2 aromatic heterocycles. The molecule has 1 aliphatic heterocycles. The molecule has 0 radical (unpaired) electrons. The first-order chi connectivity index (χ1) is 26.3. The SMILES string of the molecule is c1ccc(-n2c3ccccc3c3c(-c4ccc5c(c4)-c4cccc6c4c(cc4c6c6ccccc6n4-c4cccc6ccccc46)O5)cccc32)cc1. The van der Waals surface area contributed by atoms with E-state index in [1.54, 1.807) is 0 Å². The van der Waals surface area contributed by atoms with Crippen molar-refractivity contribution in [3.63, 3.8) is 0 Å². The summed E-state index contributed by atoms with van der Waals surface area (Å²) in [6, 6.07) is 65.8. The Bertz CT molecular complexity index is 3310. The van der Waals surface area contributed by atoms with Gasteiger partial charge in [0.05, 0.1) is 27.8 Å². The highest BCUT2D eigenvalue weighted by atomic mass is 16.5. The number of para-hydroxylation sites is 3. The van der Waals surface area contributed by atoms with Gasteiger partial charge in [0, 0.05) is 49.6 Å². The summed E-state index contributed by atoms with van der Waals surface area (Å²) in [6.07, 6.45) is 0. The molecule has 0 spiro atoms. The average molecular weight is 675 g/mol. The monoisotopic (exact) mass is 674 g/mol. The van der Waals surface area contributed by atoms with Crippen molar-refractivity contribution in [3.8, 4) is 45.1 Å². The van der Waals surface area contributed by atoms with Crippen molar-refractivity contribution >= 4 is 65.2 Å². The Kier molecular flexibility index (Phi) is 5.77. The Morgan fingerprint density at radius 1 is 0.340 bits per heavy atom. The lowest BCUT2D eigenvalue weighted by Crippen LogP contribution is -1.99. The van der Waals surface area contributed by atoms with Crippen LogP contribution in [0.4, 0.5) is 0 Å². The highest BCUT2D eigenvalue weighted by molar-refractivity contribution is 6.26. The van der Waals surface area contributed by atoms with Crippen LogP contribution in [0.1, 0.15) is 0 Å². The summed E-state index contributed by atoms with van der Waals surface area (Å²) < 4.78 is 11.7. The number of ether oxygens (including phenoxy) is 1. The lowest BCUT2D eigenvalue weighted by molar-refractivity contribution is 0.487. The fourth-order valence-electron chi connectivity index (χ4n) is 9.10. The van der Waals surface area contributed by atoms with Crippen molar-refractivity contribution in [2.75, 3.05) is 0 Å². The van der Waals surface area contributed by atoms with Gasteiger partial charge in [-0.25, -0.2) is 0 Å². The molecule has 0 atom stereocenters. The van der Waals surface area contributed by atoms with E-state index in [0.717, 1.165) is 33.7 Å². The maximum Gasteiger partial charge on any atom is 0.138 e. The molecular weight excluding hydrogens is 645 g/mol. The van der Waals surface area contributed by atoms with Crippen LogP contribution in [-0.4, -0.2) is 9.13 Å². The summed E-state index contributed by atoms with van der Waals surface area (Å²) in [5.74, 6) is 1.76. The van der Waals surface area contributed by atoms with E-state index < -0.39 is 0 Å². The zero-order chi connectivity index (χ0) is 34.6. The Hall–Kier alpha value is -7.10. The molecule has 0 aliphatic carbocycles. The first kappa shape index (κ1) is 28.6. The van der Waals surface area contributed by atoms with E-state index in [0.29, 0.717) is 0 Å². The minimum Gasteiger partial charge on any atom is -0.456 e. The van der Waals surface area contributed by atoms with E-state index in [2.05, 4.69) is 191 Å². The highest BCUT2D eigenvalue weighted by Gasteiger charge is 2.26. The average Bonchev–Trinajstić information content (AvgIpc) is 3.74. The molecule has 0 fully saturated rings. The molecule has 53 heavy (non-hydrogen) atoms. The van der Waals surface area contributed by atoms with E-state index >= 15 is 0 Å². The zero-order valence-electron chi connectivity index (χ0n) is 28.6. The molecule has 11 aromatic rings. The Morgan fingerprint density at radius 3 is 1.85 bits per heavy atom. The number of aromatic nitrogens is 2. The molecule has 1 aliphatic rings. The summed E-state index contributed by atoms with van der Waals surface area (Å²) >= 11 is 0. The van der Waals surface area contributed by atoms with Gasteiger partial charge in [-0.1, -0.05) is 127 Å². The maximum atomic E-state index is 6.93. The normalized spacial score (nSPS) is 12.3. The van der Waals surface area contributed by atoms with Crippen molar-refractivity contribution in [2.24, 2.45) is 0 Å². The topological polar surface area (TPSA) is 19.1 Å². The summed E-state index contributed by atoms with van der Waals surface area (Å²) in [5.41, 5.74) is 11.7. The summed E-state index contributed by atoms with van der Waals surface area (Å²) in [7, 11) is 0. The van der Waals surface area contributed by atoms with Crippen molar-refractivity contribution in [1.29, 1.82) is 0 Å². The number of hydrogen-bond donors (Lipinski definition) is 0. The molecule has 0 N–H and O–H groups in total. The van der Waals surface area contributed by atoms with Crippen LogP contribution < -0.4 is 4.74 Å². The van der Waals surface area contributed by atoms with Crippen LogP contribution in [0.15, 0.2) is 182 Å². The quantitative estimate of drug-likeness (QED) is 0.183. The molecular formula is C50H30N2O. The summed E-state index contributed by atoms with van der Waals surface area (Å²) in [5, 5.41) is 9.79. The van der Waals surface area contributed by atoms with E-state index in [-0.39, 0.29) is 0 Å². The number of fused-ring (bicyclic) bond motifs is 10. The Labute approximate surface area is 305 Å². The number of hydrogen-bond acceptors (Lipinski definition) is 1. The van der Waals surface area contributed by atoms with Gasteiger partial charge in [0.1, 0.15) is 11.5 Å². The highest BCUT2D eigenvalue weighted by Crippen LogP contribution is 2.52. The third kappa shape index (κ3) is 3.94. The predicted octanol–water partition coefficient (Wildman–Crippen LogP) is 13.6. The van der Waals surface area contributed by atoms with Crippen molar-refractivity contribution < 1.29 is 4.74 Å². The standard InChI is InChI=1S/C50H30N2O/c1-2-15-33(16-3-1)51-42-23-8-6-18-37(42)48-35(20-12-26-44(48)51)32-27-28-46-40(29-32)36-21-11-22-39-49-38-19-7-9-24-43(38)52(45(49)30-47(53-46)50(36)39)41-25-10-14-31-13-4-5-17-34(31)41/h1-30H. The van der Waals surface area contributed by atoms with Gasteiger partial charge in [0.25, 0.3) is 0 Å². The molecule has 246 valence electrons. The Morgan fingerprint density at radius 2 is 0.981 bits per heavy atom. The van der Waals surface area contributed by atoms with Crippen LogP contribution in [-0.2, 0) is 0 Å². The van der Waals surface area contributed by atoms with Gasteiger partial charge in [0.2, 0.25) is 0 Å². The van der Waals surface area contributed by atoms with E-state index in [1.165, 1.54) is 76.6 Å². The number of rotatable bonds is 3. The van der Waals surface area contributed by atoms with Gasteiger partial charge in [-0.2, -0.15) is 0 Å². The minimum atomic E-state index is 0.875. The molecule has 3 heteroatoms. The molecule has 3 heterocycles. The van der Waals surface area contributed by atoms with Gasteiger partial charge in [-0.3, -0.25) is 0 Å². The fraction of sp³-hybridized carbons (Fsp3) is 0. The van der Waals surface area contributed by atoms with E-state index in [4.69, 9.17) is 4.74 Å². The summed E-state index contributed by atoms with van der Waals surface area (Å²) in [6.45, 7) is 0. The summed E-state index contributed by atoms with van der Waals surface area (Å²) in [4.78, 5) is 0. The molecule has 0 amide bonds. The third-order valence-electron chi connectivity index (χ3n) is 11.3. The largest absolute Gasteiger partial charge is 0.456 e. The zero-order valence-corrected chi connectivity index (χ0v) is 28.6. The molecule has 0 saturated heterocycles. The van der Waals surface area contributed by atoms with E-state index in [1.807, 2.05) is 0 Å². The van der Waals surface area contributed by atoms with Gasteiger partial charge in [-0.15, -0.1) is 0 Å². The minimum absolute atomic E-state index is 0.875. The number of nitrogens with zero attached hydrogens (tertiary/aromatic N) is 2. The predicted molar refractivity (Wildman–Crippen MR) is 221 cm³/mol. The van der Waals surface area contributed by atoms with Crippen LogP contribution in [0.2, 0.25) is 0 Å². The molecule has 0 saturated carbocycles. The lowest BCUT2D eigenvalue weighted by Gasteiger charge is -2.23. The first-order valence-corrected chi connectivity index (χ1v) is 18.2. The first-order valence-electron chi connectivity index (χ1n) is 18.2. The smallest absolute Gasteiger partial charge is 0.138 e. The van der Waals surface area contributed by atoms with Crippen LogP contribution in [0, 0.1) is 0 Å². The second-order valence-electron chi connectivity index (χ2n) is 14.0. The van der Waals surface area contributed by atoms with Crippen LogP contribution in [0.5, 0.6) is 11.5 Å².